The second-order valence-corrected chi connectivity index (χ2v) is 7.12. The summed E-state index contributed by atoms with van der Waals surface area (Å²) in [5.41, 5.74) is 3.00. The number of hydrogen-bond donors (Lipinski definition) is 0. The molecule has 2 aliphatic heterocycles. The summed E-state index contributed by atoms with van der Waals surface area (Å²) in [4.78, 5) is 19.4. The number of carbonyl (C=O) groups excluding carboxylic acids is 1. The second-order valence-electron chi connectivity index (χ2n) is 7.12. The van der Waals surface area contributed by atoms with Crippen LogP contribution in [0.5, 0.6) is 17.2 Å². The Balaban J connectivity index is 1.58. The molecular formula is C23H19FN2O4. The number of carbonyl (C=O) groups is 1. The Labute approximate surface area is 172 Å². The van der Waals surface area contributed by atoms with Crippen molar-refractivity contribution in [2.45, 2.75) is 12.5 Å². The summed E-state index contributed by atoms with van der Waals surface area (Å²) in [6.07, 6.45) is 1.16. The summed E-state index contributed by atoms with van der Waals surface area (Å²) in [5, 5.41) is 0. The minimum absolute atomic E-state index is 0.0997. The molecule has 0 fully saturated rings. The number of ether oxygens (including phenoxy) is 3. The van der Waals surface area contributed by atoms with Crippen molar-refractivity contribution in [1.82, 2.24) is 4.98 Å². The van der Waals surface area contributed by atoms with E-state index in [9.17, 15) is 9.18 Å². The molecule has 0 saturated heterocycles. The van der Waals surface area contributed by atoms with Gasteiger partial charge in [0.1, 0.15) is 24.8 Å². The van der Waals surface area contributed by atoms with Crippen molar-refractivity contribution >= 4 is 11.6 Å². The first kappa shape index (κ1) is 18.4. The lowest BCUT2D eigenvalue weighted by Crippen LogP contribution is -2.29. The number of para-hydroxylation sites is 1. The number of benzene rings is 2. The standard InChI is InChI=1S/C23H19FN2O4/c1-28-19-11-21-20(29-8-9-30-21)10-17(19)22-16-4-2-3-5-18(16)26(23(22)27)13-15-7-6-14(24)12-25-15/h2-7,10-12,22H,8-9,13H2,1H3. The van der Waals surface area contributed by atoms with Crippen molar-refractivity contribution in [3.63, 3.8) is 0 Å². The highest BCUT2D eigenvalue weighted by Gasteiger charge is 2.40. The third-order valence-corrected chi connectivity index (χ3v) is 5.37. The Bertz CT molecular complexity index is 1120. The number of halogens is 1. The molecule has 2 aromatic carbocycles. The normalized spacial score (nSPS) is 17.1. The SMILES string of the molecule is COc1cc2c(cc1C1C(=O)N(Cc3ccc(F)cn3)c3ccccc31)OCCO2. The van der Waals surface area contributed by atoms with Crippen LogP contribution in [0.15, 0.2) is 54.7 Å². The maximum Gasteiger partial charge on any atom is 0.239 e. The summed E-state index contributed by atoms with van der Waals surface area (Å²) >= 11 is 0. The summed E-state index contributed by atoms with van der Waals surface area (Å²) < 4.78 is 30.2. The van der Waals surface area contributed by atoms with Crippen molar-refractivity contribution in [1.29, 1.82) is 0 Å². The number of methoxy groups -OCH3 is 1. The van der Waals surface area contributed by atoms with E-state index < -0.39 is 11.7 Å². The van der Waals surface area contributed by atoms with E-state index in [-0.39, 0.29) is 12.5 Å². The first-order chi connectivity index (χ1) is 14.7. The van der Waals surface area contributed by atoms with Crippen LogP contribution in [0, 0.1) is 5.82 Å². The highest BCUT2D eigenvalue weighted by Crippen LogP contribution is 2.47. The zero-order valence-electron chi connectivity index (χ0n) is 16.3. The van der Waals surface area contributed by atoms with Crippen molar-refractivity contribution in [2.75, 3.05) is 25.2 Å². The molecule has 0 spiro atoms. The molecule has 1 aromatic heterocycles. The molecule has 1 amide bonds. The quantitative estimate of drug-likeness (QED) is 0.662. The van der Waals surface area contributed by atoms with E-state index in [1.165, 1.54) is 6.07 Å². The molecule has 30 heavy (non-hydrogen) atoms. The number of aromatic nitrogens is 1. The first-order valence-corrected chi connectivity index (χ1v) is 9.64. The van der Waals surface area contributed by atoms with Gasteiger partial charge in [-0.25, -0.2) is 4.39 Å². The van der Waals surface area contributed by atoms with Gasteiger partial charge in [0, 0.05) is 17.3 Å². The van der Waals surface area contributed by atoms with E-state index in [0.29, 0.717) is 41.7 Å². The molecule has 0 radical (unpaired) electrons. The number of pyridine rings is 1. The van der Waals surface area contributed by atoms with E-state index in [2.05, 4.69) is 4.98 Å². The molecule has 2 aliphatic rings. The maximum absolute atomic E-state index is 13.6. The van der Waals surface area contributed by atoms with Crippen LogP contribution in [0.2, 0.25) is 0 Å². The van der Waals surface area contributed by atoms with Gasteiger partial charge in [-0.15, -0.1) is 0 Å². The molecule has 0 aliphatic carbocycles. The first-order valence-electron chi connectivity index (χ1n) is 9.64. The van der Waals surface area contributed by atoms with Gasteiger partial charge in [0.05, 0.1) is 31.5 Å². The summed E-state index contributed by atoms with van der Waals surface area (Å²) in [5.74, 6) is 0.707. The lowest BCUT2D eigenvalue weighted by molar-refractivity contribution is -0.118. The average Bonchev–Trinajstić information content (AvgIpc) is 3.05. The topological polar surface area (TPSA) is 60.9 Å². The average molecular weight is 406 g/mol. The second kappa shape index (κ2) is 7.33. The van der Waals surface area contributed by atoms with E-state index in [1.54, 1.807) is 24.1 Å². The molecule has 3 heterocycles. The molecule has 1 unspecified atom stereocenters. The fourth-order valence-electron chi connectivity index (χ4n) is 4.00. The molecule has 0 bridgehead atoms. The van der Waals surface area contributed by atoms with Gasteiger partial charge in [-0.2, -0.15) is 0 Å². The number of amides is 1. The maximum atomic E-state index is 13.6. The van der Waals surface area contributed by atoms with Crippen molar-refractivity contribution in [3.8, 4) is 17.2 Å². The van der Waals surface area contributed by atoms with E-state index >= 15 is 0 Å². The zero-order valence-corrected chi connectivity index (χ0v) is 16.3. The lowest BCUT2D eigenvalue weighted by Gasteiger charge is -2.23. The highest BCUT2D eigenvalue weighted by atomic mass is 19.1. The van der Waals surface area contributed by atoms with E-state index in [4.69, 9.17) is 14.2 Å². The Morgan fingerprint density at radius 2 is 1.87 bits per heavy atom. The number of fused-ring (bicyclic) bond motifs is 2. The van der Waals surface area contributed by atoms with Crippen LogP contribution in [0.3, 0.4) is 0 Å². The Hall–Kier alpha value is -3.61. The number of hydrogen-bond acceptors (Lipinski definition) is 5. The van der Waals surface area contributed by atoms with Crippen LogP contribution >= 0.6 is 0 Å². The fraction of sp³-hybridized carbons (Fsp3) is 0.217. The number of rotatable bonds is 4. The van der Waals surface area contributed by atoms with Crippen molar-refractivity contribution in [3.05, 3.63) is 77.4 Å². The van der Waals surface area contributed by atoms with Crippen LogP contribution in [0.25, 0.3) is 0 Å². The monoisotopic (exact) mass is 406 g/mol. The summed E-state index contributed by atoms with van der Waals surface area (Å²) in [7, 11) is 1.57. The molecule has 152 valence electrons. The van der Waals surface area contributed by atoms with Gasteiger partial charge in [-0.1, -0.05) is 18.2 Å². The Morgan fingerprint density at radius 3 is 2.60 bits per heavy atom. The van der Waals surface area contributed by atoms with Crippen LogP contribution in [0.4, 0.5) is 10.1 Å². The third kappa shape index (κ3) is 3.03. The van der Waals surface area contributed by atoms with Gasteiger partial charge in [0.25, 0.3) is 0 Å². The molecule has 0 saturated carbocycles. The van der Waals surface area contributed by atoms with E-state index in [0.717, 1.165) is 17.4 Å². The van der Waals surface area contributed by atoms with Crippen LogP contribution in [-0.4, -0.2) is 31.2 Å². The fourth-order valence-corrected chi connectivity index (χ4v) is 4.00. The van der Waals surface area contributed by atoms with Gasteiger partial charge in [-0.05, 0) is 29.8 Å². The molecule has 7 heteroatoms. The Morgan fingerprint density at radius 1 is 1.10 bits per heavy atom. The van der Waals surface area contributed by atoms with E-state index in [1.807, 2.05) is 30.3 Å². The summed E-state index contributed by atoms with van der Waals surface area (Å²) in [6.45, 7) is 1.18. The smallest absolute Gasteiger partial charge is 0.239 e. The predicted molar refractivity (Wildman–Crippen MR) is 108 cm³/mol. The van der Waals surface area contributed by atoms with Gasteiger partial charge >= 0.3 is 0 Å². The lowest BCUT2D eigenvalue weighted by atomic mass is 9.91. The summed E-state index contributed by atoms with van der Waals surface area (Å²) in [6, 6.07) is 14.2. The molecule has 5 rings (SSSR count). The largest absolute Gasteiger partial charge is 0.496 e. The molecule has 3 aromatic rings. The minimum Gasteiger partial charge on any atom is -0.496 e. The van der Waals surface area contributed by atoms with Crippen LogP contribution in [-0.2, 0) is 11.3 Å². The third-order valence-electron chi connectivity index (χ3n) is 5.37. The molecular weight excluding hydrogens is 387 g/mol. The van der Waals surface area contributed by atoms with Crippen LogP contribution in [0.1, 0.15) is 22.7 Å². The van der Waals surface area contributed by atoms with Gasteiger partial charge in [0.2, 0.25) is 5.91 Å². The molecule has 6 nitrogen and oxygen atoms in total. The number of nitrogens with zero attached hydrogens (tertiary/aromatic N) is 2. The highest BCUT2D eigenvalue weighted by molar-refractivity contribution is 6.07. The minimum atomic E-state index is -0.549. The van der Waals surface area contributed by atoms with Crippen molar-refractivity contribution in [2.24, 2.45) is 0 Å². The van der Waals surface area contributed by atoms with Crippen LogP contribution < -0.4 is 19.1 Å². The predicted octanol–water partition coefficient (Wildman–Crippen LogP) is 3.68. The van der Waals surface area contributed by atoms with Gasteiger partial charge < -0.3 is 19.1 Å². The molecule has 0 N–H and O–H groups in total. The zero-order chi connectivity index (χ0) is 20.7. The van der Waals surface area contributed by atoms with Gasteiger partial charge in [-0.3, -0.25) is 9.78 Å². The Kier molecular flexibility index (Phi) is 4.50. The number of anilines is 1. The van der Waals surface area contributed by atoms with Crippen molar-refractivity contribution < 1.29 is 23.4 Å². The molecule has 1 atom stereocenters. The van der Waals surface area contributed by atoms with Gasteiger partial charge in [0.15, 0.2) is 11.5 Å².